The summed E-state index contributed by atoms with van der Waals surface area (Å²) < 4.78 is 1.30. The third-order valence-electron chi connectivity index (χ3n) is 4.81. The highest BCUT2D eigenvalue weighted by atomic mass is 16.2. The van der Waals surface area contributed by atoms with Crippen LogP contribution in [0.5, 0.6) is 0 Å². The van der Waals surface area contributed by atoms with Crippen molar-refractivity contribution in [1.29, 1.82) is 0 Å². The molecule has 7 nitrogen and oxygen atoms in total. The Balaban J connectivity index is 1.52. The lowest BCUT2D eigenvalue weighted by Crippen LogP contribution is -2.28. The van der Waals surface area contributed by atoms with Crippen molar-refractivity contribution in [2.75, 3.05) is 16.8 Å². The summed E-state index contributed by atoms with van der Waals surface area (Å²) in [5.74, 6) is -0.242. The summed E-state index contributed by atoms with van der Waals surface area (Å²) in [5, 5.41) is 3.28. The molecule has 142 valence electrons. The normalized spacial score (nSPS) is 13.9. The number of aryl methyl sites for hydroxylation is 1. The molecule has 1 aromatic heterocycles. The molecular weight excluding hydrogens is 356 g/mol. The SMILES string of the molecule is Cc1ccc2ncn(CC(=O)Nc3cccc(N4CCCC4=O)c3)c(=O)c2c1. The Bertz CT molecular complexity index is 1140. The Kier molecular flexibility index (Phi) is 4.65. The molecule has 2 heterocycles. The zero-order valence-electron chi connectivity index (χ0n) is 15.5. The standard InChI is InChI=1S/C21H20N4O3/c1-14-7-8-18-17(10-14)21(28)24(13-22-18)12-19(26)23-15-4-2-5-16(11-15)25-9-3-6-20(25)27/h2,4-5,7-8,10-11,13H,3,6,9,12H2,1H3,(H,23,26). The van der Waals surface area contributed by atoms with E-state index < -0.39 is 0 Å². The van der Waals surface area contributed by atoms with Gasteiger partial charge in [0, 0.05) is 24.3 Å². The maximum Gasteiger partial charge on any atom is 0.261 e. The van der Waals surface area contributed by atoms with Gasteiger partial charge < -0.3 is 10.2 Å². The predicted molar refractivity (Wildman–Crippen MR) is 107 cm³/mol. The lowest BCUT2D eigenvalue weighted by atomic mass is 10.2. The molecule has 1 aliphatic rings. The molecular formula is C21H20N4O3. The van der Waals surface area contributed by atoms with Crippen molar-refractivity contribution < 1.29 is 9.59 Å². The molecule has 0 unspecified atom stereocenters. The topological polar surface area (TPSA) is 84.3 Å². The summed E-state index contributed by atoms with van der Waals surface area (Å²) in [6.07, 6.45) is 2.78. The van der Waals surface area contributed by atoms with E-state index in [0.29, 0.717) is 29.6 Å². The van der Waals surface area contributed by atoms with Crippen molar-refractivity contribution in [2.45, 2.75) is 26.3 Å². The molecule has 0 bridgehead atoms. The van der Waals surface area contributed by atoms with E-state index in [1.807, 2.05) is 19.1 Å². The van der Waals surface area contributed by atoms with E-state index >= 15 is 0 Å². The molecule has 1 saturated heterocycles. The number of benzene rings is 2. The lowest BCUT2D eigenvalue weighted by Gasteiger charge is -2.17. The van der Waals surface area contributed by atoms with Gasteiger partial charge in [-0.15, -0.1) is 0 Å². The van der Waals surface area contributed by atoms with Crippen molar-refractivity contribution >= 4 is 34.1 Å². The van der Waals surface area contributed by atoms with Gasteiger partial charge in [-0.25, -0.2) is 4.98 Å². The highest BCUT2D eigenvalue weighted by molar-refractivity contribution is 5.97. The van der Waals surface area contributed by atoms with E-state index in [4.69, 9.17) is 0 Å². The average Bonchev–Trinajstić information content (AvgIpc) is 3.10. The van der Waals surface area contributed by atoms with Crippen LogP contribution in [0, 0.1) is 6.92 Å². The summed E-state index contributed by atoms with van der Waals surface area (Å²) in [4.78, 5) is 43.0. The maximum atomic E-state index is 12.6. The number of fused-ring (bicyclic) bond motifs is 1. The third-order valence-corrected chi connectivity index (χ3v) is 4.81. The van der Waals surface area contributed by atoms with Crippen molar-refractivity contribution in [3.05, 3.63) is 64.7 Å². The fraction of sp³-hybridized carbons (Fsp3) is 0.238. The number of nitrogens with zero attached hydrogens (tertiary/aromatic N) is 3. The Morgan fingerprint density at radius 1 is 1.18 bits per heavy atom. The Labute approximate surface area is 161 Å². The first kappa shape index (κ1) is 17.9. The van der Waals surface area contributed by atoms with Crippen LogP contribution < -0.4 is 15.8 Å². The minimum atomic E-state index is -0.333. The molecule has 28 heavy (non-hydrogen) atoms. The smallest absolute Gasteiger partial charge is 0.261 e. The Hall–Kier alpha value is -3.48. The van der Waals surface area contributed by atoms with Gasteiger partial charge in [0.05, 0.1) is 17.2 Å². The maximum absolute atomic E-state index is 12.6. The second kappa shape index (κ2) is 7.26. The monoisotopic (exact) mass is 376 g/mol. The number of nitrogens with one attached hydrogen (secondary N) is 1. The van der Waals surface area contributed by atoms with E-state index in [2.05, 4.69) is 10.3 Å². The molecule has 1 aliphatic heterocycles. The van der Waals surface area contributed by atoms with Crippen LogP contribution in [0.15, 0.2) is 53.6 Å². The second-order valence-electron chi connectivity index (χ2n) is 6.95. The fourth-order valence-corrected chi connectivity index (χ4v) is 3.41. The summed E-state index contributed by atoms with van der Waals surface area (Å²) in [5.41, 5.74) is 2.66. The first-order valence-corrected chi connectivity index (χ1v) is 9.17. The molecule has 2 aromatic carbocycles. The lowest BCUT2D eigenvalue weighted by molar-refractivity contribution is -0.117. The summed E-state index contributed by atoms with van der Waals surface area (Å²) in [7, 11) is 0. The number of hydrogen-bond acceptors (Lipinski definition) is 4. The van der Waals surface area contributed by atoms with Crippen LogP contribution in [0.4, 0.5) is 11.4 Å². The minimum Gasteiger partial charge on any atom is -0.324 e. The molecule has 0 radical (unpaired) electrons. The molecule has 7 heteroatoms. The molecule has 1 fully saturated rings. The number of hydrogen-bond donors (Lipinski definition) is 1. The number of carbonyl (C=O) groups excluding carboxylic acids is 2. The predicted octanol–water partition coefficient (Wildman–Crippen LogP) is 2.47. The zero-order valence-corrected chi connectivity index (χ0v) is 15.5. The van der Waals surface area contributed by atoms with Gasteiger partial charge in [0.1, 0.15) is 6.54 Å². The quantitative estimate of drug-likeness (QED) is 0.758. The van der Waals surface area contributed by atoms with Gasteiger partial charge in [0.2, 0.25) is 11.8 Å². The van der Waals surface area contributed by atoms with Gasteiger partial charge in [0.15, 0.2) is 0 Å². The van der Waals surface area contributed by atoms with Crippen LogP contribution in [-0.4, -0.2) is 27.9 Å². The van der Waals surface area contributed by atoms with Crippen LogP contribution in [0.3, 0.4) is 0 Å². The first-order chi connectivity index (χ1) is 13.5. The summed E-state index contributed by atoms with van der Waals surface area (Å²) in [6, 6.07) is 12.6. The molecule has 4 rings (SSSR count). The highest BCUT2D eigenvalue weighted by Crippen LogP contribution is 2.24. The van der Waals surface area contributed by atoms with E-state index in [9.17, 15) is 14.4 Å². The fourth-order valence-electron chi connectivity index (χ4n) is 3.41. The van der Waals surface area contributed by atoms with E-state index in [0.717, 1.165) is 17.7 Å². The van der Waals surface area contributed by atoms with Crippen LogP contribution >= 0.6 is 0 Å². The molecule has 0 atom stereocenters. The number of anilines is 2. The Morgan fingerprint density at radius 3 is 2.82 bits per heavy atom. The number of amides is 2. The number of aromatic nitrogens is 2. The minimum absolute atomic E-state index is 0.0903. The number of rotatable bonds is 4. The second-order valence-corrected chi connectivity index (χ2v) is 6.95. The molecule has 0 saturated carbocycles. The number of carbonyl (C=O) groups is 2. The van der Waals surface area contributed by atoms with E-state index in [1.54, 1.807) is 35.2 Å². The molecule has 3 aromatic rings. The molecule has 2 amide bonds. The van der Waals surface area contributed by atoms with Gasteiger partial charge in [-0.2, -0.15) is 0 Å². The van der Waals surface area contributed by atoms with Gasteiger partial charge in [-0.1, -0.05) is 17.7 Å². The Morgan fingerprint density at radius 2 is 2.04 bits per heavy atom. The third kappa shape index (κ3) is 3.51. The van der Waals surface area contributed by atoms with Crippen molar-refractivity contribution in [3.63, 3.8) is 0 Å². The first-order valence-electron chi connectivity index (χ1n) is 9.17. The van der Waals surface area contributed by atoms with Crippen LogP contribution in [-0.2, 0) is 16.1 Å². The van der Waals surface area contributed by atoms with Gasteiger partial charge in [-0.05, 0) is 43.7 Å². The molecule has 0 spiro atoms. The van der Waals surface area contributed by atoms with Crippen LogP contribution in [0.1, 0.15) is 18.4 Å². The van der Waals surface area contributed by atoms with Gasteiger partial charge in [-0.3, -0.25) is 19.0 Å². The van der Waals surface area contributed by atoms with E-state index in [-0.39, 0.29) is 23.9 Å². The zero-order chi connectivity index (χ0) is 19.7. The summed E-state index contributed by atoms with van der Waals surface area (Å²) in [6.45, 7) is 2.46. The van der Waals surface area contributed by atoms with Crippen molar-refractivity contribution in [2.24, 2.45) is 0 Å². The summed E-state index contributed by atoms with van der Waals surface area (Å²) >= 11 is 0. The van der Waals surface area contributed by atoms with Crippen molar-refractivity contribution in [3.8, 4) is 0 Å². The van der Waals surface area contributed by atoms with Crippen LogP contribution in [0.2, 0.25) is 0 Å². The van der Waals surface area contributed by atoms with Gasteiger partial charge >= 0.3 is 0 Å². The van der Waals surface area contributed by atoms with Gasteiger partial charge in [0.25, 0.3) is 5.56 Å². The largest absolute Gasteiger partial charge is 0.324 e. The highest BCUT2D eigenvalue weighted by Gasteiger charge is 2.21. The molecule has 1 N–H and O–H groups in total. The average molecular weight is 376 g/mol. The van der Waals surface area contributed by atoms with Crippen LogP contribution in [0.25, 0.3) is 10.9 Å². The van der Waals surface area contributed by atoms with Crippen molar-refractivity contribution in [1.82, 2.24) is 9.55 Å². The van der Waals surface area contributed by atoms with E-state index in [1.165, 1.54) is 10.9 Å². The molecule has 0 aliphatic carbocycles.